The molecule has 27 heavy (non-hydrogen) atoms. The standard InChI is InChI=1S/C21H22N2O3S/c1-5-26-17-11-15(9-10-16(17)24)12-18-20(25)23(4)21(27-18)22-19-13(2)7-6-8-14(19)3/h6-12,24H,5H2,1-4H3. The van der Waals surface area contributed by atoms with Gasteiger partial charge < -0.3 is 9.84 Å². The zero-order valence-electron chi connectivity index (χ0n) is 15.8. The van der Waals surface area contributed by atoms with Gasteiger partial charge in [-0.1, -0.05) is 24.3 Å². The van der Waals surface area contributed by atoms with Crippen molar-refractivity contribution in [1.82, 2.24) is 4.90 Å². The second-order valence-corrected chi connectivity index (χ2v) is 7.28. The van der Waals surface area contributed by atoms with Crippen LogP contribution < -0.4 is 4.74 Å². The van der Waals surface area contributed by atoms with E-state index in [1.165, 1.54) is 11.8 Å². The molecule has 1 amide bonds. The van der Waals surface area contributed by atoms with Crippen LogP contribution in [-0.4, -0.2) is 34.7 Å². The number of aliphatic imine (C=N–C) groups is 1. The highest BCUT2D eigenvalue weighted by Gasteiger charge is 2.30. The Morgan fingerprint density at radius 3 is 2.59 bits per heavy atom. The molecule has 0 radical (unpaired) electrons. The number of carbonyl (C=O) groups excluding carboxylic acids is 1. The number of hydrogen-bond acceptors (Lipinski definition) is 5. The lowest BCUT2D eigenvalue weighted by molar-refractivity contribution is -0.121. The minimum Gasteiger partial charge on any atom is -0.504 e. The Labute approximate surface area is 163 Å². The van der Waals surface area contributed by atoms with Gasteiger partial charge in [-0.3, -0.25) is 9.69 Å². The summed E-state index contributed by atoms with van der Waals surface area (Å²) in [6, 6.07) is 11.1. The van der Waals surface area contributed by atoms with E-state index in [-0.39, 0.29) is 11.7 Å². The molecule has 1 aliphatic rings. The number of aromatic hydroxyl groups is 1. The van der Waals surface area contributed by atoms with Crippen molar-refractivity contribution in [2.24, 2.45) is 4.99 Å². The van der Waals surface area contributed by atoms with Gasteiger partial charge in [0.15, 0.2) is 16.7 Å². The lowest BCUT2D eigenvalue weighted by Crippen LogP contribution is -2.23. The number of carbonyl (C=O) groups is 1. The second kappa shape index (κ2) is 7.88. The van der Waals surface area contributed by atoms with Crippen molar-refractivity contribution < 1.29 is 14.6 Å². The molecule has 0 atom stereocenters. The third-order valence-electron chi connectivity index (χ3n) is 4.23. The molecule has 5 nitrogen and oxygen atoms in total. The van der Waals surface area contributed by atoms with E-state index in [4.69, 9.17) is 9.73 Å². The Morgan fingerprint density at radius 2 is 1.93 bits per heavy atom. The number of amidine groups is 1. The molecule has 1 saturated heterocycles. The summed E-state index contributed by atoms with van der Waals surface area (Å²) in [7, 11) is 1.73. The molecule has 0 aromatic heterocycles. The van der Waals surface area contributed by atoms with Crippen LogP contribution in [0.1, 0.15) is 23.6 Å². The number of hydrogen-bond donors (Lipinski definition) is 1. The zero-order valence-corrected chi connectivity index (χ0v) is 16.6. The van der Waals surface area contributed by atoms with Gasteiger partial charge in [0.1, 0.15) is 0 Å². The molecule has 6 heteroatoms. The van der Waals surface area contributed by atoms with E-state index in [2.05, 4.69) is 0 Å². The van der Waals surface area contributed by atoms with Crippen molar-refractivity contribution >= 4 is 34.6 Å². The van der Waals surface area contributed by atoms with Crippen molar-refractivity contribution in [2.45, 2.75) is 20.8 Å². The first-order valence-corrected chi connectivity index (χ1v) is 9.50. The highest BCUT2D eigenvalue weighted by molar-refractivity contribution is 8.18. The molecule has 1 heterocycles. The Balaban J connectivity index is 1.93. The fourth-order valence-electron chi connectivity index (χ4n) is 2.77. The van der Waals surface area contributed by atoms with Crippen LogP contribution in [0.15, 0.2) is 46.3 Å². The predicted octanol–water partition coefficient (Wildman–Crippen LogP) is 4.64. The Kier molecular flexibility index (Phi) is 5.56. The van der Waals surface area contributed by atoms with E-state index in [0.717, 1.165) is 22.4 Å². The summed E-state index contributed by atoms with van der Waals surface area (Å²) < 4.78 is 5.41. The van der Waals surface area contributed by atoms with Gasteiger partial charge in [-0.2, -0.15) is 0 Å². The number of aryl methyl sites for hydroxylation is 2. The molecule has 140 valence electrons. The maximum absolute atomic E-state index is 12.6. The fraction of sp³-hybridized carbons (Fsp3) is 0.238. The van der Waals surface area contributed by atoms with Crippen molar-refractivity contribution in [2.75, 3.05) is 13.7 Å². The van der Waals surface area contributed by atoms with E-state index >= 15 is 0 Å². The molecule has 2 aromatic rings. The molecule has 1 fully saturated rings. The molecular formula is C21H22N2O3S. The largest absolute Gasteiger partial charge is 0.504 e. The average molecular weight is 382 g/mol. The summed E-state index contributed by atoms with van der Waals surface area (Å²) in [6.45, 7) is 6.33. The summed E-state index contributed by atoms with van der Waals surface area (Å²) in [6.07, 6.45) is 1.79. The smallest absolute Gasteiger partial charge is 0.266 e. The SMILES string of the molecule is CCOc1cc(C=C2SC(=Nc3c(C)cccc3C)N(C)C2=O)ccc1O. The molecule has 0 unspecified atom stereocenters. The van der Waals surface area contributed by atoms with E-state index in [1.807, 2.05) is 39.0 Å². The molecule has 0 saturated carbocycles. The third kappa shape index (κ3) is 4.01. The van der Waals surface area contributed by atoms with Gasteiger partial charge in [-0.25, -0.2) is 4.99 Å². The first kappa shape index (κ1) is 19.0. The van der Waals surface area contributed by atoms with Gasteiger partial charge >= 0.3 is 0 Å². The minimum atomic E-state index is -0.101. The van der Waals surface area contributed by atoms with Crippen LogP contribution in [0.5, 0.6) is 11.5 Å². The Morgan fingerprint density at radius 1 is 1.22 bits per heavy atom. The molecule has 1 N–H and O–H groups in total. The normalized spacial score (nSPS) is 17.2. The number of para-hydroxylation sites is 1. The van der Waals surface area contributed by atoms with Gasteiger partial charge in [-0.05, 0) is 67.4 Å². The lowest BCUT2D eigenvalue weighted by Gasteiger charge is -2.09. The molecule has 2 aromatic carbocycles. The van der Waals surface area contributed by atoms with Crippen LogP contribution in [0, 0.1) is 13.8 Å². The van der Waals surface area contributed by atoms with Gasteiger partial charge in [0, 0.05) is 7.05 Å². The van der Waals surface area contributed by atoms with Gasteiger partial charge in [0.2, 0.25) is 0 Å². The first-order chi connectivity index (χ1) is 12.9. The van der Waals surface area contributed by atoms with Crippen LogP contribution in [-0.2, 0) is 4.79 Å². The number of ether oxygens (including phenoxy) is 1. The van der Waals surface area contributed by atoms with Crippen molar-refractivity contribution in [3.8, 4) is 11.5 Å². The topological polar surface area (TPSA) is 62.1 Å². The highest BCUT2D eigenvalue weighted by Crippen LogP contribution is 2.36. The number of benzene rings is 2. The molecule has 0 bridgehead atoms. The number of amides is 1. The molecule has 1 aliphatic heterocycles. The molecular weight excluding hydrogens is 360 g/mol. The highest BCUT2D eigenvalue weighted by atomic mass is 32.2. The van der Waals surface area contributed by atoms with Gasteiger partial charge in [-0.15, -0.1) is 0 Å². The maximum Gasteiger partial charge on any atom is 0.266 e. The van der Waals surface area contributed by atoms with Crippen molar-refractivity contribution in [3.63, 3.8) is 0 Å². The number of phenolic OH excluding ortho intramolecular Hbond substituents is 1. The van der Waals surface area contributed by atoms with Crippen LogP contribution >= 0.6 is 11.8 Å². The zero-order chi connectivity index (χ0) is 19.6. The Hall–Kier alpha value is -2.73. The van der Waals surface area contributed by atoms with E-state index in [9.17, 15) is 9.90 Å². The van der Waals surface area contributed by atoms with Crippen LogP contribution in [0.2, 0.25) is 0 Å². The number of nitrogens with zero attached hydrogens (tertiary/aromatic N) is 2. The number of rotatable bonds is 4. The van der Waals surface area contributed by atoms with Crippen LogP contribution in [0.4, 0.5) is 5.69 Å². The number of likely N-dealkylation sites (N-methyl/N-ethyl adjacent to an activating group) is 1. The summed E-state index contributed by atoms with van der Waals surface area (Å²) in [5.74, 6) is 0.384. The minimum absolute atomic E-state index is 0.0822. The van der Waals surface area contributed by atoms with E-state index in [0.29, 0.717) is 22.4 Å². The fourth-order valence-corrected chi connectivity index (χ4v) is 3.75. The first-order valence-electron chi connectivity index (χ1n) is 8.69. The number of thioether (sulfide) groups is 1. The molecule has 0 spiro atoms. The molecule has 0 aliphatic carbocycles. The van der Waals surface area contributed by atoms with Crippen molar-refractivity contribution in [1.29, 1.82) is 0 Å². The van der Waals surface area contributed by atoms with Gasteiger partial charge in [0.25, 0.3) is 5.91 Å². The van der Waals surface area contributed by atoms with Crippen LogP contribution in [0.25, 0.3) is 6.08 Å². The summed E-state index contributed by atoms with van der Waals surface area (Å²) >= 11 is 1.34. The monoisotopic (exact) mass is 382 g/mol. The van der Waals surface area contributed by atoms with E-state index < -0.39 is 0 Å². The molecule has 3 rings (SSSR count). The average Bonchev–Trinajstić information content (AvgIpc) is 2.89. The maximum atomic E-state index is 12.6. The van der Waals surface area contributed by atoms with Gasteiger partial charge in [0.05, 0.1) is 17.2 Å². The predicted molar refractivity (Wildman–Crippen MR) is 111 cm³/mol. The number of phenols is 1. The third-order valence-corrected chi connectivity index (χ3v) is 5.29. The second-order valence-electron chi connectivity index (χ2n) is 6.27. The Bertz CT molecular complexity index is 930. The van der Waals surface area contributed by atoms with E-state index in [1.54, 1.807) is 36.2 Å². The van der Waals surface area contributed by atoms with Crippen LogP contribution in [0.3, 0.4) is 0 Å². The summed E-state index contributed by atoms with van der Waals surface area (Å²) in [5, 5.41) is 10.5. The lowest BCUT2D eigenvalue weighted by atomic mass is 10.1. The van der Waals surface area contributed by atoms with Crippen molar-refractivity contribution in [3.05, 3.63) is 58.0 Å². The summed E-state index contributed by atoms with van der Waals surface area (Å²) in [5.41, 5.74) is 3.82. The quantitative estimate of drug-likeness (QED) is 0.783. The summed E-state index contributed by atoms with van der Waals surface area (Å²) in [4.78, 5) is 19.5.